The third-order valence-corrected chi connectivity index (χ3v) is 12.6. The Morgan fingerprint density at radius 3 is 1.96 bits per heavy atom. The van der Waals surface area contributed by atoms with E-state index in [2.05, 4.69) is 133 Å². The van der Waals surface area contributed by atoms with Gasteiger partial charge in [-0.25, -0.2) is 9.98 Å². The van der Waals surface area contributed by atoms with E-state index in [9.17, 15) is 0 Å². The molecule has 6 aromatic rings. The van der Waals surface area contributed by atoms with Gasteiger partial charge in [-0.15, -0.1) is 0 Å². The van der Waals surface area contributed by atoms with Gasteiger partial charge in [0.2, 0.25) is 0 Å². The quantitative estimate of drug-likeness (QED) is 0.104. The minimum atomic E-state index is 0.00774. The summed E-state index contributed by atoms with van der Waals surface area (Å²) in [6, 6.07) is 55.8. The predicted molar refractivity (Wildman–Crippen MR) is 233 cm³/mol. The second-order valence-electron chi connectivity index (χ2n) is 15.4. The summed E-state index contributed by atoms with van der Waals surface area (Å²) in [5.74, 6) is 3.24. The highest BCUT2D eigenvalue weighted by atomic mass is 15.0. The molecule has 10 rings (SSSR count). The van der Waals surface area contributed by atoms with E-state index >= 15 is 0 Å². The summed E-state index contributed by atoms with van der Waals surface area (Å²) in [7, 11) is 1.91. The molecule has 6 aromatic carbocycles. The lowest BCUT2D eigenvalue weighted by Crippen LogP contribution is -2.48. The molecule has 1 saturated carbocycles. The monoisotopic (exact) mass is 721 g/mol. The van der Waals surface area contributed by atoms with Crippen molar-refractivity contribution in [1.82, 2.24) is 5.32 Å². The zero-order valence-corrected chi connectivity index (χ0v) is 31.5. The number of fused-ring (bicyclic) bond motifs is 5. The summed E-state index contributed by atoms with van der Waals surface area (Å²) >= 11 is 0. The largest absolute Gasteiger partial charge is 0.373 e. The average molecular weight is 722 g/mol. The standard InChI is InChI=1S/C53H43N3/c1-35-33-39(34-49-45-25-13-14-26-46(45)50-47-27-15-16-28-48(47)53(35,49)50)42-22-10-12-24-44(42)43-23-11-9-21-41(43)36-29-31-38(32-30-36)51(54-2)56-52(37-17-5-3-6-18-37)55-40-19-7-4-8-20-40/h3-32,34,45-46,49-50H,1,33H2,2H3,(H,54,55,56)/t45?,46?,49?,50?,53-/m0/s1. The maximum Gasteiger partial charge on any atom is 0.162 e. The third kappa shape index (κ3) is 5.41. The molecule has 1 N–H and O–H groups in total. The van der Waals surface area contributed by atoms with Crippen LogP contribution in [0.3, 0.4) is 0 Å². The molecule has 0 saturated heterocycles. The Kier molecular flexibility index (Phi) is 8.44. The van der Waals surface area contributed by atoms with Crippen molar-refractivity contribution >= 4 is 22.9 Å². The number of aliphatic imine (C=N–C) groups is 2. The van der Waals surface area contributed by atoms with Crippen molar-refractivity contribution in [2.75, 3.05) is 7.05 Å². The zero-order valence-electron chi connectivity index (χ0n) is 31.5. The van der Waals surface area contributed by atoms with Crippen LogP contribution in [-0.2, 0) is 5.41 Å². The molecule has 56 heavy (non-hydrogen) atoms. The van der Waals surface area contributed by atoms with Crippen LogP contribution in [-0.4, -0.2) is 18.7 Å². The fourth-order valence-electron chi connectivity index (χ4n) is 10.3. The van der Waals surface area contributed by atoms with Crippen molar-refractivity contribution < 1.29 is 0 Å². The van der Waals surface area contributed by atoms with Crippen LogP contribution in [0.5, 0.6) is 0 Å². The van der Waals surface area contributed by atoms with Gasteiger partial charge in [0.25, 0.3) is 0 Å². The molecule has 0 heterocycles. The van der Waals surface area contributed by atoms with E-state index in [0.29, 0.717) is 29.5 Å². The molecule has 0 radical (unpaired) electrons. The molecule has 0 aromatic heterocycles. The summed E-state index contributed by atoms with van der Waals surface area (Å²) in [6.07, 6.45) is 13.0. The summed E-state index contributed by atoms with van der Waals surface area (Å²) in [4.78, 5) is 10.0. The van der Waals surface area contributed by atoms with Gasteiger partial charge in [-0.2, -0.15) is 0 Å². The molecule has 1 fully saturated rings. The van der Waals surface area contributed by atoms with Crippen LogP contribution in [0.4, 0.5) is 5.69 Å². The third-order valence-electron chi connectivity index (χ3n) is 12.6. The normalized spacial score (nSPS) is 23.3. The molecule has 0 aliphatic heterocycles. The fraction of sp³-hybridized carbons (Fsp3) is 0.132. The number of hydrogen-bond acceptors (Lipinski definition) is 1. The van der Waals surface area contributed by atoms with Crippen LogP contribution in [0, 0.1) is 17.8 Å². The van der Waals surface area contributed by atoms with Crippen molar-refractivity contribution in [3.63, 3.8) is 0 Å². The summed E-state index contributed by atoms with van der Waals surface area (Å²) in [5.41, 5.74) is 14.7. The molecule has 4 aliphatic rings. The lowest BCUT2D eigenvalue weighted by molar-refractivity contribution is 0.313. The first-order valence-corrected chi connectivity index (χ1v) is 19.7. The van der Waals surface area contributed by atoms with Gasteiger partial charge in [-0.3, -0.25) is 0 Å². The van der Waals surface area contributed by atoms with Crippen molar-refractivity contribution in [3.8, 4) is 22.3 Å². The lowest BCUT2D eigenvalue weighted by Gasteiger charge is -2.54. The highest BCUT2D eigenvalue weighted by Gasteiger charge is 2.67. The van der Waals surface area contributed by atoms with Gasteiger partial charge in [0, 0.05) is 29.5 Å². The maximum atomic E-state index is 5.08. The Morgan fingerprint density at radius 2 is 1.23 bits per heavy atom. The Hall–Kier alpha value is -6.58. The van der Waals surface area contributed by atoms with Gasteiger partial charge in [0.15, 0.2) is 5.84 Å². The number of nitrogens with zero attached hydrogens (tertiary/aromatic N) is 2. The number of rotatable bonds is 6. The van der Waals surface area contributed by atoms with Crippen molar-refractivity contribution in [2.45, 2.75) is 17.8 Å². The number of allylic oxidation sites excluding steroid dienone is 7. The first-order valence-electron chi connectivity index (χ1n) is 19.7. The van der Waals surface area contributed by atoms with Crippen LogP contribution in [0.2, 0.25) is 0 Å². The van der Waals surface area contributed by atoms with E-state index < -0.39 is 0 Å². The Bertz CT molecular complexity index is 2630. The lowest BCUT2D eigenvalue weighted by atomic mass is 9.48. The SMILES string of the molecule is C=C1CC(c2ccccc2-c2ccccc2-c2ccc(C(=NC(=Nc3ccccc3)c3ccccc3)NC)cc2)=CC2C3C=CC=CC3C3c4ccccc4[C@@]123. The number of amidine groups is 2. The first kappa shape index (κ1) is 33.9. The van der Waals surface area contributed by atoms with Crippen LogP contribution in [0.25, 0.3) is 27.8 Å². The maximum absolute atomic E-state index is 5.08. The van der Waals surface area contributed by atoms with Gasteiger partial charge < -0.3 is 5.32 Å². The first-order chi connectivity index (χ1) is 27.6. The molecule has 4 aliphatic carbocycles. The Balaban J connectivity index is 1.01. The summed E-state index contributed by atoms with van der Waals surface area (Å²) < 4.78 is 0. The van der Waals surface area contributed by atoms with Gasteiger partial charge in [-0.1, -0.05) is 188 Å². The van der Waals surface area contributed by atoms with E-state index in [4.69, 9.17) is 16.6 Å². The summed E-state index contributed by atoms with van der Waals surface area (Å²) in [5, 5.41) is 3.34. The molecule has 270 valence electrons. The van der Waals surface area contributed by atoms with Crippen LogP contribution >= 0.6 is 0 Å². The zero-order chi connectivity index (χ0) is 37.6. The van der Waals surface area contributed by atoms with E-state index in [1.165, 1.54) is 44.5 Å². The van der Waals surface area contributed by atoms with Gasteiger partial charge in [0.05, 0.1) is 5.69 Å². The minimum Gasteiger partial charge on any atom is -0.373 e. The van der Waals surface area contributed by atoms with E-state index in [1.54, 1.807) is 0 Å². The molecular formula is C53H43N3. The van der Waals surface area contributed by atoms with Crippen molar-refractivity contribution in [1.29, 1.82) is 0 Å². The molecule has 1 spiro atoms. The molecule has 3 heteroatoms. The Labute approximate surface area is 329 Å². The van der Waals surface area contributed by atoms with Crippen molar-refractivity contribution in [2.24, 2.45) is 27.7 Å². The van der Waals surface area contributed by atoms with Crippen LogP contribution < -0.4 is 5.32 Å². The molecule has 4 unspecified atom stereocenters. The van der Waals surface area contributed by atoms with Gasteiger partial charge in [-0.05, 0) is 80.8 Å². The number of hydrogen-bond donors (Lipinski definition) is 1. The molecule has 0 amide bonds. The number of benzene rings is 6. The molecule has 5 atom stereocenters. The smallest absolute Gasteiger partial charge is 0.162 e. The Morgan fingerprint density at radius 1 is 0.625 bits per heavy atom. The highest BCUT2D eigenvalue weighted by Crippen LogP contribution is 2.74. The van der Waals surface area contributed by atoms with E-state index in [-0.39, 0.29) is 5.41 Å². The molecule has 0 bridgehead atoms. The van der Waals surface area contributed by atoms with Gasteiger partial charge in [0.1, 0.15) is 5.84 Å². The summed E-state index contributed by atoms with van der Waals surface area (Å²) in [6.45, 7) is 4.90. The minimum absolute atomic E-state index is 0.00774. The molecule has 3 nitrogen and oxygen atoms in total. The highest BCUT2D eigenvalue weighted by molar-refractivity contribution is 6.12. The van der Waals surface area contributed by atoms with Crippen LogP contribution in [0.1, 0.15) is 40.2 Å². The van der Waals surface area contributed by atoms with E-state index in [0.717, 1.165) is 34.6 Å². The second-order valence-corrected chi connectivity index (χ2v) is 15.4. The fourth-order valence-corrected chi connectivity index (χ4v) is 10.3. The van der Waals surface area contributed by atoms with Gasteiger partial charge >= 0.3 is 0 Å². The van der Waals surface area contributed by atoms with Crippen LogP contribution in [0.15, 0.2) is 210 Å². The second kappa shape index (κ2) is 13.9. The number of para-hydroxylation sites is 1. The van der Waals surface area contributed by atoms with E-state index in [1.807, 2.05) is 67.7 Å². The topological polar surface area (TPSA) is 36.8 Å². The predicted octanol–water partition coefficient (Wildman–Crippen LogP) is 12.1. The number of nitrogens with one attached hydrogen (secondary N) is 1. The molecular weight excluding hydrogens is 679 g/mol. The van der Waals surface area contributed by atoms with Crippen molar-refractivity contribution in [3.05, 3.63) is 228 Å². The average Bonchev–Trinajstić information content (AvgIpc) is 3.52.